The molecule has 1 aliphatic rings. The molecular weight excluding hydrogens is 282 g/mol. The Balaban J connectivity index is 1.89. The zero-order valence-corrected chi connectivity index (χ0v) is 12.4. The average Bonchev–Trinajstić information content (AvgIpc) is 2.51. The minimum Gasteiger partial charge on any atom is -0.484 e. The molecule has 0 bridgehead atoms. The third-order valence-corrected chi connectivity index (χ3v) is 3.45. The maximum Gasteiger partial charge on any atom is 0.255 e. The molecule has 1 aromatic rings. The summed E-state index contributed by atoms with van der Waals surface area (Å²) >= 11 is 0. The van der Waals surface area contributed by atoms with Gasteiger partial charge in [0.05, 0.1) is 0 Å². The van der Waals surface area contributed by atoms with Crippen LogP contribution in [0, 0.1) is 0 Å². The van der Waals surface area contributed by atoms with Crippen molar-refractivity contribution < 1.29 is 14.3 Å². The van der Waals surface area contributed by atoms with E-state index in [1.165, 1.54) is 0 Å². The molecule has 1 saturated heterocycles. The Hall–Kier alpha value is -2.34. The zero-order chi connectivity index (χ0) is 15.9. The molecule has 22 heavy (non-hydrogen) atoms. The molecule has 1 fully saturated rings. The largest absolute Gasteiger partial charge is 0.484 e. The van der Waals surface area contributed by atoms with Gasteiger partial charge in [-0.1, -0.05) is 12.1 Å². The Labute approximate surface area is 129 Å². The molecule has 0 aromatic heterocycles. The number of primary amides is 1. The van der Waals surface area contributed by atoms with E-state index >= 15 is 0 Å². The van der Waals surface area contributed by atoms with Crippen LogP contribution in [-0.4, -0.2) is 42.5 Å². The van der Waals surface area contributed by atoms with Gasteiger partial charge in [0, 0.05) is 25.2 Å². The smallest absolute Gasteiger partial charge is 0.255 e. The first-order valence-electron chi connectivity index (χ1n) is 7.28. The standard InChI is InChI=1S/C16H21N3O3/c17-13-2-1-9-19(10-13)16(21)8-5-12-3-6-14(7-4-12)22-11-15(18)20/h3-8,13H,1-2,9-11,17H2,(H2,18,20). The summed E-state index contributed by atoms with van der Waals surface area (Å²) in [6.45, 7) is 1.22. The minimum atomic E-state index is -0.519. The van der Waals surface area contributed by atoms with Gasteiger partial charge in [-0.3, -0.25) is 9.59 Å². The number of hydrogen-bond acceptors (Lipinski definition) is 4. The number of carbonyl (C=O) groups excluding carboxylic acids is 2. The Kier molecular flexibility index (Phi) is 5.55. The second-order valence-electron chi connectivity index (χ2n) is 5.34. The van der Waals surface area contributed by atoms with Crippen molar-refractivity contribution in [2.75, 3.05) is 19.7 Å². The fraction of sp³-hybridized carbons (Fsp3) is 0.375. The number of nitrogens with two attached hydrogens (primary N) is 2. The van der Waals surface area contributed by atoms with Gasteiger partial charge < -0.3 is 21.1 Å². The van der Waals surface area contributed by atoms with Gasteiger partial charge >= 0.3 is 0 Å². The topological polar surface area (TPSA) is 98.7 Å². The lowest BCUT2D eigenvalue weighted by Gasteiger charge is -2.29. The summed E-state index contributed by atoms with van der Waals surface area (Å²) in [4.78, 5) is 24.5. The molecule has 118 valence electrons. The summed E-state index contributed by atoms with van der Waals surface area (Å²) in [5.74, 6) is 0.0165. The first kappa shape index (κ1) is 16.0. The van der Waals surface area contributed by atoms with Crippen LogP contribution in [-0.2, 0) is 9.59 Å². The highest BCUT2D eigenvalue weighted by Crippen LogP contribution is 2.14. The maximum atomic E-state index is 12.1. The van der Waals surface area contributed by atoms with Crippen molar-refractivity contribution in [3.63, 3.8) is 0 Å². The average molecular weight is 303 g/mol. The number of piperidine rings is 1. The molecule has 1 aromatic carbocycles. The molecule has 6 nitrogen and oxygen atoms in total. The first-order valence-corrected chi connectivity index (χ1v) is 7.28. The van der Waals surface area contributed by atoms with E-state index in [1.807, 2.05) is 12.1 Å². The molecule has 4 N–H and O–H groups in total. The molecule has 1 aliphatic heterocycles. The number of hydrogen-bond donors (Lipinski definition) is 2. The second kappa shape index (κ2) is 7.61. The van der Waals surface area contributed by atoms with Crippen molar-refractivity contribution in [1.29, 1.82) is 0 Å². The summed E-state index contributed by atoms with van der Waals surface area (Å²) < 4.78 is 5.17. The number of rotatable bonds is 5. The van der Waals surface area contributed by atoms with Crippen molar-refractivity contribution >= 4 is 17.9 Å². The van der Waals surface area contributed by atoms with Crippen LogP contribution in [0.4, 0.5) is 0 Å². The molecule has 2 amide bonds. The van der Waals surface area contributed by atoms with Gasteiger partial charge in [-0.2, -0.15) is 0 Å². The summed E-state index contributed by atoms with van der Waals surface area (Å²) in [5.41, 5.74) is 11.8. The number of carbonyl (C=O) groups is 2. The molecule has 0 spiro atoms. The molecule has 2 rings (SSSR count). The van der Waals surface area contributed by atoms with Crippen LogP contribution in [0.15, 0.2) is 30.3 Å². The Morgan fingerprint density at radius 2 is 2.05 bits per heavy atom. The number of amides is 2. The first-order chi connectivity index (χ1) is 10.5. The maximum absolute atomic E-state index is 12.1. The third-order valence-electron chi connectivity index (χ3n) is 3.45. The molecule has 6 heteroatoms. The fourth-order valence-corrected chi connectivity index (χ4v) is 2.31. The van der Waals surface area contributed by atoms with E-state index in [9.17, 15) is 9.59 Å². The lowest BCUT2D eigenvalue weighted by Crippen LogP contribution is -2.45. The van der Waals surface area contributed by atoms with E-state index in [2.05, 4.69) is 0 Å². The van der Waals surface area contributed by atoms with Gasteiger partial charge in [-0.05, 0) is 36.6 Å². The van der Waals surface area contributed by atoms with Crippen molar-refractivity contribution in [2.24, 2.45) is 11.5 Å². The van der Waals surface area contributed by atoms with Crippen LogP contribution in [0.5, 0.6) is 5.75 Å². The van der Waals surface area contributed by atoms with Crippen LogP contribution >= 0.6 is 0 Å². The second-order valence-corrected chi connectivity index (χ2v) is 5.34. The van der Waals surface area contributed by atoms with Crippen molar-refractivity contribution in [3.8, 4) is 5.75 Å². The normalized spacial score (nSPS) is 18.4. The SMILES string of the molecule is NC(=O)COc1ccc(C=CC(=O)N2CCCC(N)C2)cc1. The number of benzene rings is 1. The summed E-state index contributed by atoms with van der Waals surface area (Å²) in [5, 5.41) is 0. The van der Waals surface area contributed by atoms with Crippen LogP contribution in [0.3, 0.4) is 0 Å². The Morgan fingerprint density at radius 3 is 2.68 bits per heavy atom. The van der Waals surface area contributed by atoms with Gasteiger partial charge in [-0.25, -0.2) is 0 Å². The Morgan fingerprint density at radius 1 is 1.32 bits per heavy atom. The molecule has 0 radical (unpaired) electrons. The number of nitrogens with zero attached hydrogens (tertiary/aromatic N) is 1. The van der Waals surface area contributed by atoms with Gasteiger partial charge in [-0.15, -0.1) is 0 Å². The lowest BCUT2D eigenvalue weighted by atomic mass is 10.1. The predicted octanol–water partition coefficient (Wildman–Crippen LogP) is 0.514. The molecule has 1 unspecified atom stereocenters. The van der Waals surface area contributed by atoms with E-state index in [0.29, 0.717) is 12.3 Å². The quantitative estimate of drug-likeness (QED) is 0.774. The van der Waals surface area contributed by atoms with E-state index in [1.54, 1.807) is 29.2 Å². The van der Waals surface area contributed by atoms with E-state index in [0.717, 1.165) is 24.9 Å². The highest BCUT2D eigenvalue weighted by atomic mass is 16.5. The molecule has 0 aliphatic carbocycles. The summed E-state index contributed by atoms with van der Waals surface area (Å²) in [6.07, 6.45) is 5.23. The van der Waals surface area contributed by atoms with Gasteiger partial charge in [0.15, 0.2) is 6.61 Å². The van der Waals surface area contributed by atoms with E-state index in [4.69, 9.17) is 16.2 Å². The highest BCUT2D eigenvalue weighted by molar-refractivity contribution is 5.91. The van der Waals surface area contributed by atoms with Crippen LogP contribution in [0.1, 0.15) is 18.4 Å². The summed E-state index contributed by atoms with van der Waals surface area (Å²) in [6, 6.07) is 7.14. The minimum absolute atomic E-state index is 0.0239. The molecule has 1 heterocycles. The highest BCUT2D eigenvalue weighted by Gasteiger charge is 2.19. The summed E-state index contributed by atoms with van der Waals surface area (Å²) in [7, 11) is 0. The third kappa shape index (κ3) is 4.89. The monoisotopic (exact) mass is 303 g/mol. The van der Waals surface area contributed by atoms with Crippen molar-refractivity contribution in [3.05, 3.63) is 35.9 Å². The molecule has 1 atom stereocenters. The van der Waals surface area contributed by atoms with Crippen LogP contribution < -0.4 is 16.2 Å². The Bertz CT molecular complexity index is 554. The molecule has 0 saturated carbocycles. The van der Waals surface area contributed by atoms with Gasteiger partial charge in [0.2, 0.25) is 5.91 Å². The number of likely N-dealkylation sites (tertiary alicyclic amines) is 1. The van der Waals surface area contributed by atoms with Crippen LogP contribution in [0.2, 0.25) is 0 Å². The molecular formula is C16H21N3O3. The van der Waals surface area contributed by atoms with Crippen LogP contribution in [0.25, 0.3) is 6.08 Å². The lowest BCUT2D eigenvalue weighted by molar-refractivity contribution is -0.127. The zero-order valence-electron chi connectivity index (χ0n) is 12.4. The van der Waals surface area contributed by atoms with E-state index in [-0.39, 0.29) is 18.6 Å². The number of ether oxygens (including phenoxy) is 1. The van der Waals surface area contributed by atoms with Gasteiger partial charge in [0.25, 0.3) is 5.91 Å². The van der Waals surface area contributed by atoms with Crippen molar-refractivity contribution in [1.82, 2.24) is 4.90 Å². The van der Waals surface area contributed by atoms with E-state index < -0.39 is 5.91 Å². The van der Waals surface area contributed by atoms with Crippen molar-refractivity contribution in [2.45, 2.75) is 18.9 Å². The predicted molar refractivity (Wildman–Crippen MR) is 84.0 cm³/mol. The van der Waals surface area contributed by atoms with Gasteiger partial charge in [0.1, 0.15) is 5.75 Å². The fourth-order valence-electron chi connectivity index (χ4n) is 2.31.